The van der Waals surface area contributed by atoms with Crippen molar-refractivity contribution in [2.45, 2.75) is 38.6 Å². The van der Waals surface area contributed by atoms with Gasteiger partial charge in [0, 0.05) is 11.1 Å². The molecule has 2 nitrogen and oxygen atoms in total. The molecule has 0 atom stereocenters. The molecule has 0 spiro atoms. The van der Waals surface area contributed by atoms with Gasteiger partial charge in [0.05, 0.1) is 0 Å². The van der Waals surface area contributed by atoms with Crippen LogP contribution in [0.3, 0.4) is 0 Å². The summed E-state index contributed by atoms with van der Waals surface area (Å²) in [6.07, 6.45) is 4.09. The Morgan fingerprint density at radius 3 is 2.33 bits per heavy atom. The second-order valence-corrected chi connectivity index (χ2v) is 4.65. The van der Waals surface area contributed by atoms with Crippen LogP contribution in [0.15, 0.2) is 12.1 Å². The molecular weight excluding hydrogens is 186 g/mol. The van der Waals surface area contributed by atoms with Gasteiger partial charge in [0.1, 0.15) is 6.29 Å². The van der Waals surface area contributed by atoms with E-state index in [-0.39, 0.29) is 5.54 Å². The lowest BCUT2D eigenvalue weighted by atomic mass is 9.71. The topological polar surface area (TPSA) is 43.1 Å². The van der Waals surface area contributed by atoms with E-state index in [4.69, 9.17) is 5.73 Å². The minimum Gasteiger partial charge on any atom is -0.321 e. The summed E-state index contributed by atoms with van der Waals surface area (Å²) in [4.78, 5) is 11.0. The molecule has 2 N–H and O–H groups in total. The Kier molecular flexibility index (Phi) is 2.39. The van der Waals surface area contributed by atoms with Gasteiger partial charge in [-0.2, -0.15) is 0 Å². The highest BCUT2D eigenvalue weighted by Crippen LogP contribution is 2.40. The predicted octanol–water partition coefficient (Wildman–Crippen LogP) is 2.45. The van der Waals surface area contributed by atoms with Crippen LogP contribution in [-0.2, 0) is 5.54 Å². The van der Waals surface area contributed by atoms with E-state index < -0.39 is 0 Å². The van der Waals surface area contributed by atoms with Gasteiger partial charge in [-0.15, -0.1) is 0 Å². The monoisotopic (exact) mass is 203 g/mol. The third-order valence-corrected chi connectivity index (χ3v) is 3.58. The summed E-state index contributed by atoms with van der Waals surface area (Å²) in [6, 6.07) is 4.03. The third-order valence-electron chi connectivity index (χ3n) is 3.58. The Morgan fingerprint density at radius 1 is 1.27 bits per heavy atom. The van der Waals surface area contributed by atoms with E-state index in [1.54, 1.807) is 0 Å². The van der Waals surface area contributed by atoms with Crippen LogP contribution < -0.4 is 5.73 Å². The van der Waals surface area contributed by atoms with Crippen LogP contribution in [0.4, 0.5) is 0 Å². The second-order valence-electron chi connectivity index (χ2n) is 4.65. The molecule has 0 unspecified atom stereocenters. The Bertz CT molecular complexity index is 405. The molecule has 2 heteroatoms. The molecule has 1 aromatic rings. The molecule has 0 radical (unpaired) electrons. The first kappa shape index (κ1) is 10.4. The fourth-order valence-corrected chi connectivity index (χ4v) is 2.19. The van der Waals surface area contributed by atoms with Crippen molar-refractivity contribution in [2.75, 3.05) is 0 Å². The van der Waals surface area contributed by atoms with E-state index in [9.17, 15) is 4.79 Å². The lowest BCUT2D eigenvalue weighted by Crippen LogP contribution is -2.44. The van der Waals surface area contributed by atoms with E-state index >= 15 is 0 Å². The number of hydrogen-bond acceptors (Lipinski definition) is 2. The molecule has 0 amide bonds. The number of rotatable bonds is 2. The van der Waals surface area contributed by atoms with Gasteiger partial charge in [-0.25, -0.2) is 0 Å². The maximum Gasteiger partial charge on any atom is 0.150 e. The maximum atomic E-state index is 11.0. The smallest absolute Gasteiger partial charge is 0.150 e. The lowest BCUT2D eigenvalue weighted by molar-refractivity contribution is 0.111. The number of aryl methyl sites for hydroxylation is 2. The lowest BCUT2D eigenvalue weighted by Gasteiger charge is -2.39. The van der Waals surface area contributed by atoms with Gasteiger partial charge in [0.2, 0.25) is 0 Å². The second kappa shape index (κ2) is 3.46. The summed E-state index contributed by atoms with van der Waals surface area (Å²) in [5, 5.41) is 0. The van der Waals surface area contributed by atoms with Crippen molar-refractivity contribution in [3.8, 4) is 0 Å². The first-order valence-corrected chi connectivity index (χ1v) is 5.42. The van der Waals surface area contributed by atoms with E-state index in [0.29, 0.717) is 0 Å². The number of hydrogen-bond donors (Lipinski definition) is 1. The van der Waals surface area contributed by atoms with Crippen LogP contribution in [-0.4, -0.2) is 6.29 Å². The van der Waals surface area contributed by atoms with Crippen LogP contribution in [0.25, 0.3) is 0 Å². The average Bonchev–Trinajstić information content (AvgIpc) is 2.18. The number of benzene rings is 1. The van der Waals surface area contributed by atoms with E-state index in [1.165, 1.54) is 12.0 Å². The molecular formula is C13H17NO. The largest absolute Gasteiger partial charge is 0.321 e. The van der Waals surface area contributed by atoms with Gasteiger partial charge in [-0.1, -0.05) is 6.07 Å². The molecule has 0 saturated heterocycles. The number of aldehydes is 1. The van der Waals surface area contributed by atoms with Crippen LogP contribution in [0.2, 0.25) is 0 Å². The van der Waals surface area contributed by atoms with Gasteiger partial charge < -0.3 is 5.73 Å². The Balaban J connectivity index is 2.54. The molecule has 80 valence electrons. The molecule has 1 aromatic carbocycles. The highest BCUT2D eigenvalue weighted by atomic mass is 16.1. The number of carbonyl (C=O) groups is 1. The third kappa shape index (κ3) is 1.59. The van der Waals surface area contributed by atoms with Crippen LogP contribution >= 0.6 is 0 Å². The fraction of sp³-hybridized carbons (Fsp3) is 0.462. The zero-order chi connectivity index (χ0) is 11.1. The Hall–Kier alpha value is -1.15. The van der Waals surface area contributed by atoms with E-state index in [1.807, 2.05) is 13.0 Å². The van der Waals surface area contributed by atoms with Crippen molar-refractivity contribution in [2.24, 2.45) is 5.73 Å². The molecule has 1 saturated carbocycles. The summed E-state index contributed by atoms with van der Waals surface area (Å²) >= 11 is 0. The van der Waals surface area contributed by atoms with Gasteiger partial charge in [-0.05, 0) is 55.9 Å². The van der Waals surface area contributed by atoms with Crippen LogP contribution in [0, 0.1) is 13.8 Å². The molecule has 1 aliphatic carbocycles. The summed E-state index contributed by atoms with van der Waals surface area (Å²) in [5.41, 5.74) is 10.2. The first-order chi connectivity index (χ1) is 7.07. The van der Waals surface area contributed by atoms with Gasteiger partial charge in [-0.3, -0.25) is 4.79 Å². The Morgan fingerprint density at radius 2 is 1.87 bits per heavy atom. The summed E-state index contributed by atoms with van der Waals surface area (Å²) in [5.74, 6) is 0. The van der Waals surface area contributed by atoms with Crippen LogP contribution in [0.5, 0.6) is 0 Å². The van der Waals surface area contributed by atoms with Crippen molar-refractivity contribution < 1.29 is 4.79 Å². The fourth-order valence-electron chi connectivity index (χ4n) is 2.19. The van der Waals surface area contributed by atoms with Crippen molar-refractivity contribution >= 4 is 6.29 Å². The molecule has 2 rings (SSSR count). The highest BCUT2D eigenvalue weighted by Gasteiger charge is 2.36. The first-order valence-electron chi connectivity index (χ1n) is 5.42. The summed E-state index contributed by atoms with van der Waals surface area (Å²) in [6.45, 7) is 4.09. The minimum absolute atomic E-state index is 0.241. The van der Waals surface area contributed by atoms with Crippen LogP contribution in [0.1, 0.15) is 46.3 Å². The zero-order valence-corrected chi connectivity index (χ0v) is 9.34. The summed E-state index contributed by atoms with van der Waals surface area (Å²) in [7, 11) is 0. The SMILES string of the molecule is Cc1cc(C=O)c(C2(N)CCC2)cc1C. The quantitative estimate of drug-likeness (QED) is 0.750. The normalized spacial score (nSPS) is 18.3. The van der Waals surface area contributed by atoms with Gasteiger partial charge >= 0.3 is 0 Å². The standard InChI is InChI=1S/C13H17NO/c1-9-6-11(8-15)12(7-10(9)2)13(14)4-3-5-13/h6-8H,3-5,14H2,1-2H3. The average molecular weight is 203 g/mol. The van der Waals surface area contributed by atoms with E-state index in [2.05, 4.69) is 13.0 Å². The Labute approximate surface area is 90.5 Å². The minimum atomic E-state index is -0.241. The van der Waals surface area contributed by atoms with Crippen molar-refractivity contribution in [1.82, 2.24) is 0 Å². The molecule has 15 heavy (non-hydrogen) atoms. The highest BCUT2D eigenvalue weighted by molar-refractivity contribution is 5.79. The van der Waals surface area contributed by atoms with Crippen molar-refractivity contribution in [3.05, 3.63) is 34.4 Å². The number of carbonyl (C=O) groups excluding carboxylic acids is 1. The molecule has 0 heterocycles. The summed E-state index contributed by atoms with van der Waals surface area (Å²) < 4.78 is 0. The zero-order valence-electron chi connectivity index (χ0n) is 9.34. The predicted molar refractivity (Wildman–Crippen MR) is 61.0 cm³/mol. The van der Waals surface area contributed by atoms with Gasteiger partial charge in [0.25, 0.3) is 0 Å². The molecule has 0 aromatic heterocycles. The number of nitrogens with two attached hydrogens (primary N) is 1. The van der Waals surface area contributed by atoms with Gasteiger partial charge in [0.15, 0.2) is 0 Å². The van der Waals surface area contributed by atoms with E-state index in [0.717, 1.165) is 35.8 Å². The van der Waals surface area contributed by atoms with Crippen molar-refractivity contribution in [3.63, 3.8) is 0 Å². The molecule has 0 aliphatic heterocycles. The molecule has 0 bridgehead atoms. The molecule has 1 aliphatic rings. The molecule has 1 fully saturated rings. The maximum absolute atomic E-state index is 11.0. The van der Waals surface area contributed by atoms with Crippen molar-refractivity contribution in [1.29, 1.82) is 0 Å².